The van der Waals surface area contributed by atoms with Gasteiger partial charge < -0.3 is 10.2 Å². The molecule has 1 aromatic carbocycles. The van der Waals surface area contributed by atoms with Crippen LogP contribution in [0, 0.1) is 0 Å². The van der Waals surface area contributed by atoms with E-state index in [1.54, 1.807) is 35.2 Å². The first-order valence-corrected chi connectivity index (χ1v) is 7.39. The molecule has 0 aliphatic carbocycles. The van der Waals surface area contributed by atoms with Crippen LogP contribution >= 0.6 is 0 Å². The normalized spacial score (nSPS) is 16.1. The molecule has 23 heavy (non-hydrogen) atoms. The molecule has 2 aromatic rings. The maximum Gasteiger partial charge on any atom is 0.226 e. The lowest BCUT2D eigenvalue weighted by Gasteiger charge is -2.32. The molecular weight excluding hydrogens is 292 g/mol. The standard InChI is InChI=1S/C17H18N4O2/c1-12(22)21-8-7-13-5-3-4-6-15(13)16(21)9-17(23)19-14-10-18-20(2)11-14/h3-8,10-11,16H,9H2,1-2H3,(H,19,23)/t16-/m0/s1. The van der Waals surface area contributed by atoms with E-state index in [1.165, 1.54) is 6.92 Å². The van der Waals surface area contributed by atoms with Gasteiger partial charge in [-0.2, -0.15) is 5.10 Å². The first-order valence-electron chi connectivity index (χ1n) is 7.39. The van der Waals surface area contributed by atoms with Crippen LogP contribution < -0.4 is 5.32 Å². The summed E-state index contributed by atoms with van der Waals surface area (Å²) in [6.45, 7) is 1.50. The molecule has 1 N–H and O–H groups in total. The number of amides is 2. The van der Waals surface area contributed by atoms with E-state index in [4.69, 9.17) is 0 Å². The minimum absolute atomic E-state index is 0.0880. The summed E-state index contributed by atoms with van der Waals surface area (Å²) in [5.74, 6) is -0.241. The molecule has 3 rings (SSSR count). The Bertz CT molecular complexity index is 778. The highest BCUT2D eigenvalue weighted by Gasteiger charge is 2.28. The number of rotatable bonds is 3. The smallest absolute Gasteiger partial charge is 0.226 e. The Hall–Kier alpha value is -2.89. The zero-order valence-corrected chi connectivity index (χ0v) is 13.1. The van der Waals surface area contributed by atoms with E-state index < -0.39 is 0 Å². The van der Waals surface area contributed by atoms with Gasteiger partial charge in [0, 0.05) is 26.4 Å². The molecule has 6 nitrogen and oxygen atoms in total. The van der Waals surface area contributed by atoms with Crippen LogP contribution in [0.4, 0.5) is 5.69 Å². The molecule has 1 aromatic heterocycles. The topological polar surface area (TPSA) is 67.2 Å². The maximum atomic E-state index is 12.4. The van der Waals surface area contributed by atoms with Crippen LogP contribution in [0.1, 0.15) is 30.5 Å². The summed E-state index contributed by atoms with van der Waals surface area (Å²) in [4.78, 5) is 25.9. The number of nitrogens with zero attached hydrogens (tertiary/aromatic N) is 3. The molecule has 118 valence electrons. The van der Waals surface area contributed by atoms with Gasteiger partial charge in [0.15, 0.2) is 0 Å². The average molecular weight is 310 g/mol. The number of hydrogen-bond acceptors (Lipinski definition) is 3. The van der Waals surface area contributed by atoms with Gasteiger partial charge in [0.05, 0.1) is 24.3 Å². The third kappa shape index (κ3) is 3.15. The summed E-state index contributed by atoms with van der Waals surface area (Å²) in [6.07, 6.45) is 7.15. The highest BCUT2D eigenvalue weighted by molar-refractivity contribution is 5.91. The van der Waals surface area contributed by atoms with Crippen molar-refractivity contribution in [3.63, 3.8) is 0 Å². The minimum atomic E-state index is -0.301. The highest BCUT2D eigenvalue weighted by Crippen LogP contribution is 2.33. The van der Waals surface area contributed by atoms with Crippen molar-refractivity contribution in [2.45, 2.75) is 19.4 Å². The molecule has 0 saturated heterocycles. The predicted octanol–water partition coefficient (Wildman–Crippen LogP) is 2.32. The van der Waals surface area contributed by atoms with Crippen molar-refractivity contribution in [3.05, 3.63) is 54.0 Å². The molecule has 1 aliphatic rings. The van der Waals surface area contributed by atoms with Crippen molar-refractivity contribution in [3.8, 4) is 0 Å². The largest absolute Gasteiger partial charge is 0.323 e. The monoisotopic (exact) mass is 310 g/mol. The van der Waals surface area contributed by atoms with Crippen molar-refractivity contribution in [1.29, 1.82) is 0 Å². The van der Waals surface area contributed by atoms with Crippen LogP contribution in [-0.2, 0) is 16.6 Å². The first-order chi connectivity index (χ1) is 11.0. The van der Waals surface area contributed by atoms with Crippen LogP contribution in [0.15, 0.2) is 42.9 Å². The van der Waals surface area contributed by atoms with E-state index >= 15 is 0 Å². The zero-order chi connectivity index (χ0) is 16.4. The van der Waals surface area contributed by atoms with E-state index in [0.29, 0.717) is 5.69 Å². The van der Waals surface area contributed by atoms with E-state index in [-0.39, 0.29) is 24.3 Å². The summed E-state index contributed by atoms with van der Waals surface area (Å²) in [6, 6.07) is 7.50. The van der Waals surface area contributed by atoms with Crippen molar-refractivity contribution < 1.29 is 9.59 Å². The number of nitrogens with one attached hydrogen (secondary N) is 1. The second-order valence-electron chi connectivity index (χ2n) is 5.54. The number of anilines is 1. The Kier molecular flexibility index (Phi) is 3.97. The summed E-state index contributed by atoms with van der Waals surface area (Å²) in [7, 11) is 1.79. The maximum absolute atomic E-state index is 12.4. The number of aryl methyl sites for hydroxylation is 1. The molecule has 1 aliphatic heterocycles. The third-order valence-electron chi connectivity index (χ3n) is 3.84. The van der Waals surface area contributed by atoms with Gasteiger partial charge in [-0.1, -0.05) is 24.3 Å². The molecule has 0 saturated carbocycles. The van der Waals surface area contributed by atoms with Crippen LogP contribution in [-0.4, -0.2) is 26.5 Å². The van der Waals surface area contributed by atoms with Gasteiger partial charge in [0.1, 0.15) is 0 Å². The van der Waals surface area contributed by atoms with Gasteiger partial charge in [-0.15, -0.1) is 0 Å². The van der Waals surface area contributed by atoms with Gasteiger partial charge in [0.2, 0.25) is 11.8 Å². The zero-order valence-electron chi connectivity index (χ0n) is 13.1. The Morgan fingerprint density at radius 2 is 2.09 bits per heavy atom. The Labute approximate surface area is 134 Å². The van der Waals surface area contributed by atoms with Gasteiger partial charge in [-0.25, -0.2) is 0 Å². The van der Waals surface area contributed by atoms with Crippen LogP contribution in [0.5, 0.6) is 0 Å². The van der Waals surface area contributed by atoms with E-state index in [9.17, 15) is 9.59 Å². The number of aromatic nitrogens is 2. The summed E-state index contributed by atoms with van der Waals surface area (Å²) < 4.78 is 1.62. The summed E-state index contributed by atoms with van der Waals surface area (Å²) in [5, 5.41) is 6.84. The van der Waals surface area contributed by atoms with Crippen molar-refractivity contribution in [2.24, 2.45) is 7.05 Å². The Morgan fingerprint density at radius 1 is 1.30 bits per heavy atom. The van der Waals surface area contributed by atoms with Crippen LogP contribution in [0.3, 0.4) is 0 Å². The lowest BCUT2D eigenvalue weighted by atomic mass is 9.93. The summed E-state index contributed by atoms with van der Waals surface area (Å²) in [5.41, 5.74) is 2.65. The fourth-order valence-corrected chi connectivity index (χ4v) is 2.79. The summed E-state index contributed by atoms with van der Waals surface area (Å²) >= 11 is 0. The molecule has 0 fully saturated rings. The fraction of sp³-hybridized carbons (Fsp3) is 0.235. The molecule has 0 spiro atoms. The molecule has 0 unspecified atom stereocenters. The van der Waals surface area contributed by atoms with E-state index in [0.717, 1.165) is 11.1 Å². The SMILES string of the molecule is CC(=O)N1C=Cc2ccccc2[C@@H]1CC(=O)Nc1cnn(C)c1. The van der Waals surface area contributed by atoms with Gasteiger partial charge in [0.25, 0.3) is 0 Å². The molecule has 2 heterocycles. The number of hydrogen-bond donors (Lipinski definition) is 1. The van der Waals surface area contributed by atoms with Crippen LogP contribution in [0.2, 0.25) is 0 Å². The molecule has 0 bridgehead atoms. The van der Waals surface area contributed by atoms with E-state index in [1.807, 2.05) is 30.3 Å². The van der Waals surface area contributed by atoms with Crippen LogP contribution in [0.25, 0.3) is 6.08 Å². The molecule has 0 radical (unpaired) electrons. The van der Waals surface area contributed by atoms with Gasteiger partial charge in [-0.05, 0) is 17.2 Å². The molecule has 1 atom stereocenters. The second-order valence-corrected chi connectivity index (χ2v) is 5.54. The molecular formula is C17H18N4O2. The number of carbonyl (C=O) groups is 2. The Morgan fingerprint density at radius 3 is 2.78 bits per heavy atom. The molecule has 2 amide bonds. The fourth-order valence-electron chi connectivity index (χ4n) is 2.79. The quantitative estimate of drug-likeness (QED) is 0.946. The Balaban J connectivity index is 1.81. The number of benzene rings is 1. The third-order valence-corrected chi connectivity index (χ3v) is 3.84. The van der Waals surface area contributed by atoms with Crippen molar-refractivity contribution in [2.75, 3.05) is 5.32 Å². The first kappa shape index (κ1) is 15.0. The van der Waals surface area contributed by atoms with Crippen molar-refractivity contribution >= 4 is 23.6 Å². The minimum Gasteiger partial charge on any atom is -0.323 e. The number of carbonyl (C=O) groups excluding carboxylic acids is 2. The lowest BCUT2D eigenvalue weighted by molar-refractivity contribution is -0.129. The number of fused-ring (bicyclic) bond motifs is 1. The molecule has 6 heteroatoms. The average Bonchev–Trinajstić information content (AvgIpc) is 2.92. The van der Waals surface area contributed by atoms with Gasteiger partial charge >= 0.3 is 0 Å². The predicted molar refractivity (Wildman–Crippen MR) is 87.2 cm³/mol. The van der Waals surface area contributed by atoms with E-state index in [2.05, 4.69) is 10.4 Å². The van der Waals surface area contributed by atoms with Crippen molar-refractivity contribution in [1.82, 2.24) is 14.7 Å². The van der Waals surface area contributed by atoms with Gasteiger partial charge in [-0.3, -0.25) is 14.3 Å². The lowest BCUT2D eigenvalue weighted by Crippen LogP contribution is -2.33. The second kappa shape index (κ2) is 6.08. The highest BCUT2D eigenvalue weighted by atomic mass is 16.2.